The molecule has 4 aromatic carbocycles. The van der Waals surface area contributed by atoms with Gasteiger partial charge in [0.2, 0.25) is 23.6 Å². The van der Waals surface area contributed by atoms with Crippen LogP contribution in [0.25, 0.3) is 21.7 Å². The summed E-state index contributed by atoms with van der Waals surface area (Å²) in [4.78, 5) is 82.3. The maximum Gasteiger partial charge on any atom is 0.408 e. The number of halogens is 1. The fraction of sp³-hybridized carbons (Fsp3) is 0.286. The molecule has 0 spiro atoms. The Morgan fingerprint density at radius 3 is 1.96 bits per heavy atom. The van der Waals surface area contributed by atoms with E-state index in [0.717, 1.165) is 10.8 Å². The number of nitrogens with two attached hydrogens (primary N) is 1. The van der Waals surface area contributed by atoms with Gasteiger partial charge in [-0.2, -0.15) is 0 Å². The second kappa shape index (κ2) is 18.2. The molecule has 15 heteroatoms. The number of hydrogen-bond acceptors (Lipinski definition) is 7. The molecule has 0 aliphatic rings. The van der Waals surface area contributed by atoms with Crippen molar-refractivity contribution >= 4 is 57.4 Å². The van der Waals surface area contributed by atoms with Gasteiger partial charge in [0, 0.05) is 36.4 Å². The Bertz CT molecular complexity index is 2270. The fourth-order valence-corrected chi connectivity index (χ4v) is 6.28. The zero-order valence-corrected chi connectivity index (χ0v) is 31.6. The highest BCUT2D eigenvalue weighted by molar-refractivity contribution is 5.97. The van der Waals surface area contributed by atoms with E-state index in [9.17, 15) is 38.3 Å². The molecular weight excluding hydrogens is 735 g/mol. The lowest BCUT2D eigenvalue weighted by Gasteiger charge is -2.27. The van der Waals surface area contributed by atoms with Gasteiger partial charge in [-0.05, 0) is 66.4 Å². The van der Waals surface area contributed by atoms with Gasteiger partial charge < -0.3 is 41.8 Å². The zero-order chi connectivity index (χ0) is 41.3. The normalized spacial score (nSPS) is 13.5. The molecule has 1 aromatic heterocycles. The lowest BCUT2D eigenvalue weighted by atomic mass is 9.99. The number of nitrogens with one attached hydrogen (secondary N) is 5. The third-order valence-corrected chi connectivity index (χ3v) is 9.00. The maximum absolute atomic E-state index is 14.3. The second-order valence-electron chi connectivity index (χ2n) is 14.7. The Hall–Kier alpha value is -6.77. The molecule has 5 amide bonds. The van der Waals surface area contributed by atoms with Crippen molar-refractivity contribution in [2.45, 2.75) is 76.2 Å². The largest absolute Gasteiger partial charge is 0.481 e. The number of benzene rings is 4. The van der Waals surface area contributed by atoms with Crippen molar-refractivity contribution in [2.75, 3.05) is 0 Å². The maximum atomic E-state index is 14.3. The van der Waals surface area contributed by atoms with E-state index in [1.165, 1.54) is 18.2 Å². The molecule has 5 aromatic rings. The van der Waals surface area contributed by atoms with Gasteiger partial charge in [-0.25, -0.2) is 9.18 Å². The molecule has 5 rings (SSSR count). The Morgan fingerprint density at radius 2 is 1.30 bits per heavy atom. The van der Waals surface area contributed by atoms with E-state index in [1.54, 1.807) is 63.4 Å². The number of ether oxygens (including phenoxy) is 1. The molecule has 8 N–H and O–H groups in total. The first-order chi connectivity index (χ1) is 27.0. The number of fused-ring (bicyclic) bond motifs is 2. The molecule has 0 saturated carbocycles. The predicted molar refractivity (Wildman–Crippen MR) is 210 cm³/mol. The molecule has 298 valence electrons. The molecule has 0 bridgehead atoms. The van der Waals surface area contributed by atoms with Gasteiger partial charge in [0.05, 0.1) is 6.42 Å². The number of rotatable bonds is 16. The molecule has 1 heterocycles. The van der Waals surface area contributed by atoms with E-state index in [0.29, 0.717) is 27.6 Å². The van der Waals surface area contributed by atoms with Gasteiger partial charge in [-0.15, -0.1) is 0 Å². The third kappa shape index (κ3) is 11.9. The summed E-state index contributed by atoms with van der Waals surface area (Å²) in [5.74, 6) is -5.57. The number of carbonyl (C=O) groups is 6. The Balaban J connectivity index is 1.44. The van der Waals surface area contributed by atoms with E-state index in [4.69, 9.17) is 10.5 Å². The highest BCUT2D eigenvalue weighted by Crippen LogP contribution is 2.22. The number of amides is 5. The average Bonchev–Trinajstić information content (AvgIpc) is 3.54. The van der Waals surface area contributed by atoms with Crippen LogP contribution in [0.4, 0.5) is 9.18 Å². The Morgan fingerprint density at radius 1 is 0.702 bits per heavy atom. The number of alkyl carbamates (subject to hydrolysis) is 1. The number of carbonyl (C=O) groups excluding carboxylic acids is 5. The first kappa shape index (κ1) is 41.4. The van der Waals surface area contributed by atoms with Crippen molar-refractivity contribution < 1.29 is 43.0 Å². The zero-order valence-electron chi connectivity index (χ0n) is 31.6. The average molecular weight is 781 g/mol. The quantitative estimate of drug-likeness (QED) is 0.0779. The number of aromatic nitrogens is 1. The smallest absolute Gasteiger partial charge is 0.408 e. The lowest BCUT2D eigenvalue weighted by Crippen LogP contribution is -2.59. The summed E-state index contributed by atoms with van der Waals surface area (Å²) >= 11 is 0. The van der Waals surface area contributed by atoms with Gasteiger partial charge in [0.25, 0.3) is 0 Å². The van der Waals surface area contributed by atoms with Crippen LogP contribution in [0.3, 0.4) is 0 Å². The molecule has 14 nitrogen and oxygen atoms in total. The van der Waals surface area contributed by atoms with Crippen LogP contribution >= 0.6 is 0 Å². The molecule has 0 saturated heterocycles. The van der Waals surface area contributed by atoms with E-state index in [2.05, 4.69) is 26.3 Å². The number of H-pyrrole nitrogens is 1. The molecule has 0 aliphatic heterocycles. The van der Waals surface area contributed by atoms with Crippen molar-refractivity contribution in [1.29, 1.82) is 0 Å². The number of carboxylic acids is 1. The van der Waals surface area contributed by atoms with Crippen molar-refractivity contribution in [1.82, 2.24) is 26.3 Å². The number of aromatic amines is 1. The van der Waals surface area contributed by atoms with Crippen LogP contribution in [0.1, 0.15) is 43.9 Å². The van der Waals surface area contributed by atoms with Crippen LogP contribution in [-0.4, -0.2) is 75.6 Å². The van der Waals surface area contributed by atoms with Crippen LogP contribution in [0.5, 0.6) is 0 Å². The Labute approximate surface area is 327 Å². The highest BCUT2D eigenvalue weighted by Gasteiger charge is 2.33. The predicted octanol–water partition coefficient (Wildman–Crippen LogP) is 3.80. The van der Waals surface area contributed by atoms with Gasteiger partial charge in [0.1, 0.15) is 35.6 Å². The summed E-state index contributed by atoms with van der Waals surface area (Å²) < 4.78 is 19.7. The minimum Gasteiger partial charge on any atom is -0.481 e. The van der Waals surface area contributed by atoms with Gasteiger partial charge in [-0.1, -0.05) is 72.8 Å². The molecule has 0 fully saturated rings. The van der Waals surface area contributed by atoms with Gasteiger partial charge >= 0.3 is 12.1 Å². The van der Waals surface area contributed by atoms with Crippen LogP contribution in [-0.2, 0) is 48.0 Å². The second-order valence-corrected chi connectivity index (χ2v) is 14.7. The summed E-state index contributed by atoms with van der Waals surface area (Å²) in [6, 6.07) is 20.0. The number of aliphatic carboxylic acids is 1. The molecule has 0 radical (unpaired) electrons. The summed E-state index contributed by atoms with van der Waals surface area (Å²) in [6.45, 7) is 4.93. The van der Waals surface area contributed by atoms with Crippen molar-refractivity contribution in [2.24, 2.45) is 5.73 Å². The van der Waals surface area contributed by atoms with Gasteiger partial charge in [0.15, 0.2) is 0 Å². The SMILES string of the molecule is CC(C)(C)OC(=O)N[C@@H](Cc1c[nH]c2ccc(F)cc12)C(=O)N[C@@H](Cc1ccc2ccccc2c1)C(=O)N[C@@H](CC(=O)O)C(=O)N[C@@H](Cc1ccccc1)C(N)=O. The van der Waals surface area contributed by atoms with E-state index in [1.807, 2.05) is 36.4 Å². The minimum atomic E-state index is -1.69. The molecule has 57 heavy (non-hydrogen) atoms. The first-order valence-electron chi connectivity index (χ1n) is 18.2. The van der Waals surface area contributed by atoms with E-state index in [-0.39, 0.29) is 19.3 Å². The molecule has 0 unspecified atom stereocenters. The van der Waals surface area contributed by atoms with Gasteiger partial charge in [-0.3, -0.25) is 24.0 Å². The number of primary amides is 1. The van der Waals surface area contributed by atoms with Crippen molar-refractivity contribution in [3.8, 4) is 0 Å². The van der Waals surface area contributed by atoms with Crippen LogP contribution < -0.4 is 27.0 Å². The topological polar surface area (TPSA) is 222 Å². The molecule has 4 atom stereocenters. The summed E-state index contributed by atoms with van der Waals surface area (Å²) in [7, 11) is 0. The van der Waals surface area contributed by atoms with Crippen LogP contribution in [0.15, 0.2) is 97.2 Å². The first-order valence-corrected chi connectivity index (χ1v) is 18.2. The number of carboxylic acid groups (broad SMARTS) is 1. The fourth-order valence-electron chi connectivity index (χ4n) is 6.28. The number of hydrogen-bond donors (Lipinski definition) is 7. The summed E-state index contributed by atoms with van der Waals surface area (Å²) in [5.41, 5.74) is 7.00. The Kier molecular flexibility index (Phi) is 13.2. The molecule has 0 aliphatic carbocycles. The van der Waals surface area contributed by atoms with Crippen molar-refractivity contribution in [3.63, 3.8) is 0 Å². The molecular formula is C42H45FN6O8. The van der Waals surface area contributed by atoms with Crippen molar-refractivity contribution in [3.05, 3.63) is 120 Å². The third-order valence-electron chi connectivity index (χ3n) is 9.00. The standard InChI is InChI=1S/C42H45FN6O8/c1-42(2,3)57-41(56)49-34(20-28-23-45-31-16-15-29(43)21-30(28)31)39(54)47-33(19-25-13-14-26-11-7-8-12-27(26)17-25)38(53)48-35(22-36(50)51)40(55)46-32(37(44)52)18-24-9-5-4-6-10-24/h4-17,21,23,32-35,45H,18-20,22H2,1-3H3,(H2,44,52)(H,46,55)(H,47,54)(H,48,53)(H,49,56)(H,50,51)/t32-,33-,34-,35-/m0/s1. The summed E-state index contributed by atoms with van der Waals surface area (Å²) in [6.07, 6.45) is -0.497. The van der Waals surface area contributed by atoms with E-state index < -0.39 is 77.7 Å². The summed E-state index contributed by atoms with van der Waals surface area (Å²) in [5, 5.41) is 22.1. The lowest BCUT2D eigenvalue weighted by molar-refractivity contribution is -0.141. The van der Waals surface area contributed by atoms with Crippen LogP contribution in [0.2, 0.25) is 0 Å². The monoisotopic (exact) mass is 780 g/mol. The minimum absolute atomic E-state index is 0.00536. The highest BCUT2D eigenvalue weighted by atomic mass is 19.1. The van der Waals surface area contributed by atoms with E-state index >= 15 is 0 Å². The van der Waals surface area contributed by atoms with Crippen LogP contribution in [0, 0.1) is 5.82 Å².